The van der Waals surface area contributed by atoms with Crippen LogP contribution in [-0.4, -0.2) is 48.7 Å². The Hall–Kier alpha value is -2.00. The molecule has 1 aliphatic rings. The molecule has 4 rings (SSSR count). The Kier molecular flexibility index (Phi) is 6.35. The SMILES string of the molecule is CC(c1nc2ccccc2s1)N(C)C(=O)C1CCCN(S(=O)(=O)c2ccc(Cl)cc2)C1. The highest BCUT2D eigenvalue weighted by Gasteiger charge is 2.35. The molecule has 31 heavy (non-hydrogen) atoms. The van der Waals surface area contributed by atoms with Gasteiger partial charge in [-0.15, -0.1) is 11.3 Å². The molecule has 0 radical (unpaired) electrons. The van der Waals surface area contributed by atoms with E-state index in [2.05, 4.69) is 4.98 Å². The highest BCUT2D eigenvalue weighted by Crippen LogP contribution is 2.31. The van der Waals surface area contributed by atoms with Crippen molar-refractivity contribution in [1.82, 2.24) is 14.2 Å². The van der Waals surface area contributed by atoms with Gasteiger partial charge in [0.2, 0.25) is 15.9 Å². The summed E-state index contributed by atoms with van der Waals surface area (Å²) >= 11 is 7.47. The molecule has 2 atom stereocenters. The molecule has 0 N–H and O–H groups in total. The first-order valence-electron chi connectivity index (χ1n) is 10.1. The number of sulfonamides is 1. The van der Waals surface area contributed by atoms with Gasteiger partial charge < -0.3 is 4.90 Å². The van der Waals surface area contributed by atoms with Crippen LogP contribution >= 0.6 is 22.9 Å². The van der Waals surface area contributed by atoms with Crippen molar-refractivity contribution in [3.05, 3.63) is 58.6 Å². The molecular formula is C22H24ClN3O3S2. The Labute approximate surface area is 191 Å². The van der Waals surface area contributed by atoms with E-state index in [0.717, 1.165) is 15.2 Å². The maximum atomic E-state index is 13.2. The van der Waals surface area contributed by atoms with E-state index in [1.54, 1.807) is 35.4 Å². The summed E-state index contributed by atoms with van der Waals surface area (Å²) in [5.74, 6) is -0.430. The summed E-state index contributed by atoms with van der Waals surface area (Å²) in [6, 6.07) is 13.9. The zero-order valence-corrected chi connectivity index (χ0v) is 19.8. The van der Waals surface area contributed by atoms with Crippen molar-refractivity contribution in [2.75, 3.05) is 20.1 Å². The molecular weight excluding hydrogens is 454 g/mol. The first kappa shape index (κ1) is 22.2. The van der Waals surface area contributed by atoms with E-state index in [-0.39, 0.29) is 29.3 Å². The number of carbonyl (C=O) groups excluding carboxylic acids is 1. The molecule has 9 heteroatoms. The van der Waals surface area contributed by atoms with Crippen LogP contribution in [0.15, 0.2) is 53.4 Å². The summed E-state index contributed by atoms with van der Waals surface area (Å²) < 4.78 is 28.6. The average Bonchev–Trinajstić information content (AvgIpc) is 3.22. The predicted octanol–water partition coefficient (Wildman–Crippen LogP) is 4.57. The second kappa shape index (κ2) is 8.86. The van der Waals surface area contributed by atoms with Crippen LogP contribution in [-0.2, 0) is 14.8 Å². The number of halogens is 1. The number of para-hydroxylation sites is 1. The van der Waals surface area contributed by atoms with Gasteiger partial charge >= 0.3 is 0 Å². The third-order valence-electron chi connectivity index (χ3n) is 5.78. The van der Waals surface area contributed by atoms with Gasteiger partial charge in [-0.1, -0.05) is 23.7 Å². The monoisotopic (exact) mass is 477 g/mol. The van der Waals surface area contributed by atoms with Gasteiger partial charge in [0.1, 0.15) is 5.01 Å². The van der Waals surface area contributed by atoms with Crippen LogP contribution in [0.3, 0.4) is 0 Å². The van der Waals surface area contributed by atoms with Crippen LogP contribution < -0.4 is 0 Å². The van der Waals surface area contributed by atoms with Crippen LogP contribution in [0.5, 0.6) is 0 Å². The molecule has 0 spiro atoms. The van der Waals surface area contributed by atoms with Crippen molar-refractivity contribution >= 4 is 49.1 Å². The van der Waals surface area contributed by atoms with E-state index in [4.69, 9.17) is 11.6 Å². The summed E-state index contributed by atoms with van der Waals surface area (Å²) in [6.07, 6.45) is 1.31. The van der Waals surface area contributed by atoms with Gasteiger partial charge in [-0.3, -0.25) is 4.79 Å². The summed E-state index contributed by atoms with van der Waals surface area (Å²) in [6.45, 7) is 2.55. The maximum Gasteiger partial charge on any atom is 0.243 e. The Bertz CT molecular complexity index is 1160. The number of hydrogen-bond acceptors (Lipinski definition) is 5. The van der Waals surface area contributed by atoms with Crippen LogP contribution in [0, 0.1) is 5.92 Å². The number of rotatable bonds is 5. The van der Waals surface area contributed by atoms with Gasteiger partial charge in [-0.05, 0) is 56.2 Å². The molecule has 0 bridgehead atoms. The Morgan fingerprint density at radius 1 is 1.23 bits per heavy atom. The highest BCUT2D eigenvalue weighted by molar-refractivity contribution is 7.89. The normalized spacial score (nSPS) is 18.7. The van der Waals surface area contributed by atoms with E-state index >= 15 is 0 Å². The van der Waals surface area contributed by atoms with Crippen LogP contribution in [0.4, 0.5) is 0 Å². The Balaban J connectivity index is 1.49. The number of thiazole rings is 1. The predicted molar refractivity (Wildman–Crippen MR) is 124 cm³/mol. The third-order valence-corrected chi connectivity index (χ3v) is 9.12. The van der Waals surface area contributed by atoms with E-state index in [1.807, 2.05) is 31.2 Å². The number of piperidine rings is 1. The van der Waals surface area contributed by atoms with E-state index in [0.29, 0.717) is 24.4 Å². The van der Waals surface area contributed by atoms with Crippen molar-refractivity contribution in [2.45, 2.75) is 30.7 Å². The van der Waals surface area contributed by atoms with Gasteiger partial charge in [-0.25, -0.2) is 13.4 Å². The Morgan fingerprint density at radius 3 is 2.65 bits per heavy atom. The Morgan fingerprint density at radius 2 is 1.94 bits per heavy atom. The fourth-order valence-corrected chi connectivity index (χ4v) is 6.54. The molecule has 0 saturated carbocycles. The zero-order chi connectivity index (χ0) is 22.2. The highest BCUT2D eigenvalue weighted by atomic mass is 35.5. The third kappa shape index (κ3) is 4.48. The molecule has 2 aromatic carbocycles. The number of fused-ring (bicyclic) bond motifs is 1. The molecule has 2 heterocycles. The lowest BCUT2D eigenvalue weighted by Crippen LogP contribution is -2.46. The number of benzene rings is 2. The number of hydrogen-bond donors (Lipinski definition) is 0. The number of carbonyl (C=O) groups is 1. The molecule has 1 fully saturated rings. The lowest BCUT2D eigenvalue weighted by molar-refractivity contribution is -0.137. The fourth-order valence-electron chi connectivity index (χ4n) is 3.83. The molecule has 1 aliphatic heterocycles. The van der Waals surface area contributed by atoms with Crippen molar-refractivity contribution in [2.24, 2.45) is 5.92 Å². The summed E-state index contributed by atoms with van der Waals surface area (Å²) in [5.41, 5.74) is 0.924. The number of aromatic nitrogens is 1. The first-order valence-corrected chi connectivity index (χ1v) is 12.8. The summed E-state index contributed by atoms with van der Waals surface area (Å²) in [5, 5.41) is 1.36. The van der Waals surface area contributed by atoms with Gasteiger partial charge in [-0.2, -0.15) is 4.31 Å². The first-order chi connectivity index (χ1) is 14.8. The maximum absolute atomic E-state index is 13.2. The van der Waals surface area contributed by atoms with E-state index in [1.165, 1.54) is 16.4 Å². The van der Waals surface area contributed by atoms with Crippen LogP contribution in [0.25, 0.3) is 10.2 Å². The number of nitrogens with zero attached hydrogens (tertiary/aromatic N) is 3. The molecule has 1 saturated heterocycles. The average molecular weight is 478 g/mol. The second-order valence-electron chi connectivity index (χ2n) is 7.80. The second-order valence-corrected chi connectivity index (χ2v) is 11.2. The molecule has 3 aromatic rings. The lowest BCUT2D eigenvalue weighted by Gasteiger charge is -2.34. The molecule has 1 aromatic heterocycles. The van der Waals surface area contributed by atoms with Crippen molar-refractivity contribution in [3.63, 3.8) is 0 Å². The summed E-state index contributed by atoms with van der Waals surface area (Å²) in [4.78, 5) is 19.8. The van der Waals surface area contributed by atoms with Crippen molar-refractivity contribution in [1.29, 1.82) is 0 Å². The molecule has 0 aliphatic carbocycles. The minimum absolute atomic E-state index is 0.0530. The van der Waals surface area contributed by atoms with E-state index < -0.39 is 10.0 Å². The molecule has 2 unspecified atom stereocenters. The number of amides is 1. The fraction of sp³-hybridized carbons (Fsp3) is 0.364. The molecule has 6 nitrogen and oxygen atoms in total. The zero-order valence-electron chi connectivity index (χ0n) is 17.4. The van der Waals surface area contributed by atoms with Gasteiger partial charge in [0.05, 0.1) is 27.1 Å². The quantitative estimate of drug-likeness (QED) is 0.539. The largest absolute Gasteiger partial charge is 0.336 e. The van der Waals surface area contributed by atoms with Crippen LogP contribution in [0.2, 0.25) is 5.02 Å². The lowest BCUT2D eigenvalue weighted by atomic mass is 9.97. The van der Waals surface area contributed by atoms with Gasteiger partial charge in [0.15, 0.2) is 0 Å². The van der Waals surface area contributed by atoms with Crippen molar-refractivity contribution < 1.29 is 13.2 Å². The summed E-state index contributed by atoms with van der Waals surface area (Å²) in [7, 11) is -1.90. The minimum atomic E-state index is -3.67. The van der Waals surface area contributed by atoms with Crippen molar-refractivity contribution in [3.8, 4) is 0 Å². The van der Waals surface area contributed by atoms with E-state index in [9.17, 15) is 13.2 Å². The van der Waals surface area contributed by atoms with Gasteiger partial charge in [0, 0.05) is 25.2 Å². The smallest absolute Gasteiger partial charge is 0.243 e. The van der Waals surface area contributed by atoms with Crippen LogP contribution in [0.1, 0.15) is 30.8 Å². The molecule has 1 amide bonds. The standard InChI is InChI=1S/C22H24ClN3O3S2/c1-15(21-24-19-7-3-4-8-20(19)30-21)25(2)22(27)16-6-5-13-26(14-16)31(28,29)18-11-9-17(23)10-12-18/h3-4,7-12,15-16H,5-6,13-14H2,1-2H3. The minimum Gasteiger partial charge on any atom is -0.336 e. The van der Waals surface area contributed by atoms with Gasteiger partial charge in [0.25, 0.3) is 0 Å². The topological polar surface area (TPSA) is 70.6 Å². The molecule has 164 valence electrons.